The third-order valence-electron chi connectivity index (χ3n) is 3.15. The Kier molecular flexibility index (Phi) is 3.13. The van der Waals surface area contributed by atoms with Crippen molar-refractivity contribution in [3.05, 3.63) is 66.4 Å². The highest BCUT2D eigenvalue weighted by molar-refractivity contribution is 5.67. The second kappa shape index (κ2) is 5.09. The number of nitrogens with zero attached hydrogens (tertiary/aromatic N) is 2. The topological polar surface area (TPSA) is 64.1 Å². The molecule has 0 saturated heterocycles. The molecule has 0 amide bonds. The predicted octanol–water partition coefficient (Wildman–Crippen LogP) is 2.89. The van der Waals surface area contributed by atoms with Crippen LogP contribution in [0.4, 0.5) is 5.69 Å². The van der Waals surface area contributed by atoms with E-state index in [1.807, 2.05) is 35.1 Å². The molecule has 0 unspecified atom stereocenters. The van der Waals surface area contributed by atoms with Crippen molar-refractivity contribution in [2.75, 3.05) is 5.73 Å². The lowest BCUT2D eigenvalue weighted by molar-refractivity contribution is 0.478. The summed E-state index contributed by atoms with van der Waals surface area (Å²) in [6.07, 6.45) is 1.94. The third kappa shape index (κ3) is 2.49. The molecule has 0 bridgehead atoms. The number of rotatable bonds is 3. The van der Waals surface area contributed by atoms with Crippen LogP contribution in [0.15, 0.2) is 60.8 Å². The molecule has 0 aliphatic carbocycles. The number of hydrogen-bond donors (Lipinski definition) is 2. The Bertz CT molecular complexity index is 720. The third-order valence-corrected chi connectivity index (χ3v) is 3.15. The smallest absolute Gasteiger partial charge is 0.138 e. The van der Waals surface area contributed by atoms with Gasteiger partial charge < -0.3 is 10.8 Å². The molecule has 1 aromatic heterocycles. The first-order valence-corrected chi connectivity index (χ1v) is 6.38. The van der Waals surface area contributed by atoms with E-state index in [1.165, 1.54) is 5.56 Å². The maximum atomic E-state index is 9.44. The van der Waals surface area contributed by atoms with Crippen molar-refractivity contribution in [3.8, 4) is 17.0 Å². The van der Waals surface area contributed by atoms with E-state index < -0.39 is 0 Å². The maximum absolute atomic E-state index is 9.44. The van der Waals surface area contributed by atoms with E-state index in [0.717, 1.165) is 17.8 Å². The summed E-state index contributed by atoms with van der Waals surface area (Å²) in [6.45, 7) is 0.731. The van der Waals surface area contributed by atoms with Crippen molar-refractivity contribution in [2.45, 2.75) is 6.54 Å². The lowest BCUT2D eigenvalue weighted by atomic mass is 10.1. The SMILES string of the molecule is Nc1cc(-c2ccn(Cc3ccccc3)n2)ccc1O. The summed E-state index contributed by atoms with van der Waals surface area (Å²) in [5, 5.41) is 14.0. The van der Waals surface area contributed by atoms with Gasteiger partial charge in [-0.1, -0.05) is 30.3 Å². The molecule has 0 aliphatic rings. The molecule has 0 saturated carbocycles. The van der Waals surface area contributed by atoms with Gasteiger partial charge in [0.15, 0.2) is 0 Å². The molecule has 3 aromatic rings. The minimum Gasteiger partial charge on any atom is -0.506 e. The van der Waals surface area contributed by atoms with Crippen LogP contribution in [0.1, 0.15) is 5.56 Å². The van der Waals surface area contributed by atoms with Crippen LogP contribution in [0.25, 0.3) is 11.3 Å². The summed E-state index contributed by atoms with van der Waals surface area (Å²) in [5.74, 6) is 0.0949. The van der Waals surface area contributed by atoms with Crippen LogP contribution in [0, 0.1) is 0 Å². The highest BCUT2D eigenvalue weighted by Crippen LogP contribution is 2.26. The van der Waals surface area contributed by atoms with E-state index in [9.17, 15) is 5.11 Å². The normalized spacial score (nSPS) is 10.6. The largest absolute Gasteiger partial charge is 0.506 e. The molecule has 4 nitrogen and oxygen atoms in total. The zero-order chi connectivity index (χ0) is 13.9. The van der Waals surface area contributed by atoms with Gasteiger partial charge in [-0.05, 0) is 29.8 Å². The molecular formula is C16H15N3O. The van der Waals surface area contributed by atoms with E-state index in [2.05, 4.69) is 17.2 Å². The number of nitrogen functional groups attached to an aromatic ring is 1. The van der Waals surface area contributed by atoms with Crippen LogP contribution in [0.3, 0.4) is 0 Å². The zero-order valence-corrected chi connectivity index (χ0v) is 10.9. The molecular weight excluding hydrogens is 250 g/mol. The molecule has 0 atom stereocenters. The van der Waals surface area contributed by atoms with Gasteiger partial charge in [0.1, 0.15) is 5.75 Å². The summed E-state index contributed by atoms with van der Waals surface area (Å²) in [6, 6.07) is 17.2. The molecule has 4 heteroatoms. The van der Waals surface area contributed by atoms with Crippen molar-refractivity contribution in [2.24, 2.45) is 0 Å². The van der Waals surface area contributed by atoms with Gasteiger partial charge in [0, 0.05) is 11.8 Å². The molecule has 3 rings (SSSR count). The highest BCUT2D eigenvalue weighted by Gasteiger charge is 2.05. The van der Waals surface area contributed by atoms with Crippen LogP contribution in [-0.2, 0) is 6.54 Å². The van der Waals surface area contributed by atoms with Crippen molar-refractivity contribution in [3.63, 3.8) is 0 Å². The van der Waals surface area contributed by atoms with Crippen LogP contribution in [-0.4, -0.2) is 14.9 Å². The summed E-state index contributed by atoms with van der Waals surface area (Å²) in [4.78, 5) is 0. The van der Waals surface area contributed by atoms with Gasteiger partial charge in [-0.2, -0.15) is 5.10 Å². The van der Waals surface area contributed by atoms with E-state index in [4.69, 9.17) is 5.73 Å². The van der Waals surface area contributed by atoms with Gasteiger partial charge >= 0.3 is 0 Å². The van der Waals surface area contributed by atoms with Crippen LogP contribution < -0.4 is 5.73 Å². The molecule has 100 valence electrons. The fraction of sp³-hybridized carbons (Fsp3) is 0.0625. The molecule has 1 heterocycles. The number of benzene rings is 2. The van der Waals surface area contributed by atoms with Crippen LogP contribution in [0.5, 0.6) is 5.75 Å². The number of nitrogens with two attached hydrogens (primary N) is 1. The van der Waals surface area contributed by atoms with Gasteiger partial charge in [-0.15, -0.1) is 0 Å². The minimum atomic E-state index is 0.0949. The number of hydrogen-bond acceptors (Lipinski definition) is 3. The average Bonchev–Trinajstić information content (AvgIpc) is 2.91. The molecule has 2 aromatic carbocycles. The predicted molar refractivity (Wildman–Crippen MR) is 79.3 cm³/mol. The van der Waals surface area contributed by atoms with Crippen LogP contribution in [0.2, 0.25) is 0 Å². The standard InChI is InChI=1S/C16H15N3O/c17-14-10-13(6-7-16(14)20)15-8-9-19(18-15)11-12-4-2-1-3-5-12/h1-10,20H,11,17H2. The van der Waals surface area contributed by atoms with E-state index in [0.29, 0.717) is 5.69 Å². The van der Waals surface area contributed by atoms with E-state index in [-0.39, 0.29) is 5.75 Å². The number of aromatic hydroxyl groups is 1. The first kappa shape index (κ1) is 12.3. The average molecular weight is 265 g/mol. The van der Waals surface area contributed by atoms with Gasteiger partial charge in [-0.25, -0.2) is 0 Å². The number of phenols is 1. The van der Waals surface area contributed by atoms with E-state index >= 15 is 0 Å². The lowest BCUT2D eigenvalue weighted by Gasteiger charge is -2.03. The van der Waals surface area contributed by atoms with Crippen molar-refractivity contribution < 1.29 is 5.11 Å². The monoisotopic (exact) mass is 265 g/mol. The quantitative estimate of drug-likeness (QED) is 0.565. The van der Waals surface area contributed by atoms with Gasteiger partial charge in [0.2, 0.25) is 0 Å². The Balaban J connectivity index is 1.84. The second-order valence-electron chi connectivity index (χ2n) is 4.66. The first-order chi connectivity index (χ1) is 9.72. The molecule has 0 spiro atoms. The Labute approximate surface area is 117 Å². The fourth-order valence-corrected chi connectivity index (χ4v) is 2.09. The highest BCUT2D eigenvalue weighted by atomic mass is 16.3. The molecule has 0 radical (unpaired) electrons. The summed E-state index contributed by atoms with van der Waals surface area (Å²) in [5.41, 5.74) is 9.00. The van der Waals surface area contributed by atoms with Gasteiger partial charge in [0.25, 0.3) is 0 Å². The first-order valence-electron chi connectivity index (χ1n) is 6.38. The van der Waals surface area contributed by atoms with Crippen molar-refractivity contribution >= 4 is 5.69 Å². The van der Waals surface area contributed by atoms with Gasteiger partial charge in [-0.3, -0.25) is 4.68 Å². The second-order valence-corrected chi connectivity index (χ2v) is 4.66. The Hall–Kier alpha value is -2.75. The molecule has 0 aliphatic heterocycles. The molecule has 3 N–H and O–H groups in total. The number of phenolic OH excluding ortho intramolecular Hbond substituents is 1. The molecule has 0 fully saturated rings. The Morgan fingerprint density at radius 3 is 2.60 bits per heavy atom. The van der Waals surface area contributed by atoms with Crippen molar-refractivity contribution in [1.82, 2.24) is 9.78 Å². The zero-order valence-electron chi connectivity index (χ0n) is 10.9. The Morgan fingerprint density at radius 1 is 1.05 bits per heavy atom. The lowest BCUT2D eigenvalue weighted by Crippen LogP contribution is -2.00. The summed E-state index contributed by atoms with van der Waals surface area (Å²) in [7, 11) is 0. The maximum Gasteiger partial charge on any atom is 0.138 e. The summed E-state index contributed by atoms with van der Waals surface area (Å²) >= 11 is 0. The van der Waals surface area contributed by atoms with E-state index in [1.54, 1.807) is 18.2 Å². The summed E-state index contributed by atoms with van der Waals surface area (Å²) < 4.78 is 1.88. The fourth-order valence-electron chi connectivity index (χ4n) is 2.09. The van der Waals surface area contributed by atoms with Crippen LogP contribution >= 0.6 is 0 Å². The van der Waals surface area contributed by atoms with Gasteiger partial charge in [0.05, 0.1) is 17.9 Å². The number of anilines is 1. The van der Waals surface area contributed by atoms with Crippen molar-refractivity contribution in [1.29, 1.82) is 0 Å². The molecule has 20 heavy (non-hydrogen) atoms. The minimum absolute atomic E-state index is 0.0949. The Morgan fingerprint density at radius 2 is 1.85 bits per heavy atom. The number of aromatic nitrogens is 2.